The lowest BCUT2D eigenvalue weighted by Crippen LogP contribution is -2.51. The van der Waals surface area contributed by atoms with Gasteiger partial charge in [0.15, 0.2) is 0 Å². The number of nitrogens with one attached hydrogen (secondary N) is 5. The summed E-state index contributed by atoms with van der Waals surface area (Å²) < 4.78 is 27.4. The Labute approximate surface area is 209 Å². The summed E-state index contributed by atoms with van der Waals surface area (Å²) in [7, 11) is -2.74. The van der Waals surface area contributed by atoms with E-state index in [9.17, 15) is 13.2 Å². The van der Waals surface area contributed by atoms with Crippen molar-refractivity contribution >= 4 is 44.8 Å². The van der Waals surface area contributed by atoms with E-state index in [0.717, 1.165) is 50.1 Å². The number of aromatic amines is 1. The summed E-state index contributed by atoms with van der Waals surface area (Å²) in [5.74, 6) is 0.947. The fourth-order valence-corrected chi connectivity index (χ4v) is 5.04. The summed E-state index contributed by atoms with van der Waals surface area (Å²) in [6.07, 6.45) is 5.06. The first-order valence-electron chi connectivity index (χ1n) is 12.1. The molecule has 1 aromatic carbocycles. The third-order valence-corrected chi connectivity index (χ3v) is 6.88. The van der Waals surface area contributed by atoms with E-state index in [1.54, 1.807) is 6.07 Å². The molecule has 12 nitrogen and oxygen atoms in total. The van der Waals surface area contributed by atoms with Gasteiger partial charge in [-0.3, -0.25) is 4.79 Å². The number of thiol groups is 1. The molecule has 2 aliphatic rings. The quantitative estimate of drug-likeness (QED) is 0.191. The van der Waals surface area contributed by atoms with Crippen molar-refractivity contribution in [1.29, 1.82) is 0 Å². The molecular weight excluding hydrogens is 484 g/mol. The first kappa shape index (κ1) is 24.4. The molecule has 2 fully saturated rings. The van der Waals surface area contributed by atoms with E-state index in [1.165, 1.54) is 6.33 Å². The maximum absolute atomic E-state index is 12.7. The van der Waals surface area contributed by atoms with E-state index in [2.05, 4.69) is 35.8 Å². The second kappa shape index (κ2) is 11.2. The Morgan fingerprint density at radius 1 is 1.06 bits per heavy atom. The van der Waals surface area contributed by atoms with Gasteiger partial charge in [0.2, 0.25) is 10.9 Å². The molecule has 1 saturated heterocycles. The number of rotatable bonds is 8. The van der Waals surface area contributed by atoms with Crippen LogP contribution in [0.15, 0.2) is 41.5 Å². The van der Waals surface area contributed by atoms with Crippen molar-refractivity contribution in [3.63, 3.8) is 0 Å². The summed E-state index contributed by atoms with van der Waals surface area (Å²) in [6.45, 7) is 3.14. The van der Waals surface area contributed by atoms with Crippen LogP contribution in [0.25, 0.3) is 10.9 Å². The number of H-pyrrole nitrogens is 1. The molecule has 0 unspecified atom stereocenters. The van der Waals surface area contributed by atoms with Crippen molar-refractivity contribution in [2.24, 2.45) is 0 Å². The van der Waals surface area contributed by atoms with Crippen molar-refractivity contribution in [1.82, 2.24) is 25.2 Å². The number of morpholine rings is 1. The summed E-state index contributed by atoms with van der Waals surface area (Å²) in [6, 6.07) is 9.58. The highest BCUT2D eigenvalue weighted by atomic mass is 32.2. The van der Waals surface area contributed by atoms with Crippen LogP contribution >= 0.6 is 0 Å². The fraction of sp³-hybridized carbons (Fsp3) is 0.435. The van der Waals surface area contributed by atoms with Gasteiger partial charge in [-0.2, -0.15) is 4.83 Å². The standard InChI is InChI=1S/C23H30N8O4S/c32-23-21-19(24-14-25-23)13-20(27-17-3-1-2-4-18(17)29-30-36(33)34)28-22(21)26-15-5-7-16(8-6-15)31-9-11-35-12-10-31/h5-8,13-14,17-18,29,36H,1-4,9-12H2,(H,24,25,32)(H2,26,27,28)(H,30,33,34)/t17-,18+/m0/s1. The van der Waals surface area contributed by atoms with Gasteiger partial charge in [-0.25, -0.2) is 23.8 Å². The van der Waals surface area contributed by atoms with Gasteiger partial charge in [0.1, 0.15) is 17.0 Å². The first-order valence-corrected chi connectivity index (χ1v) is 13.2. The van der Waals surface area contributed by atoms with Crippen molar-refractivity contribution in [3.8, 4) is 0 Å². The summed E-state index contributed by atoms with van der Waals surface area (Å²) in [5.41, 5.74) is 5.01. The highest BCUT2D eigenvalue weighted by Gasteiger charge is 2.26. The molecule has 0 spiro atoms. The second-order valence-corrected chi connectivity index (χ2v) is 9.65. The Morgan fingerprint density at radius 2 is 1.81 bits per heavy atom. The zero-order valence-corrected chi connectivity index (χ0v) is 20.6. The maximum atomic E-state index is 12.7. The van der Waals surface area contributed by atoms with Gasteiger partial charge in [-0.1, -0.05) is 12.8 Å². The third-order valence-electron chi connectivity index (χ3n) is 6.57. The van der Waals surface area contributed by atoms with Gasteiger partial charge in [0.25, 0.3) is 5.56 Å². The fourth-order valence-electron chi connectivity index (χ4n) is 4.77. The predicted octanol–water partition coefficient (Wildman–Crippen LogP) is 1.24. The zero-order valence-electron chi connectivity index (χ0n) is 19.7. The molecule has 1 aliphatic carbocycles. The smallest absolute Gasteiger partial charge is 0.262 e. The summed E-state index contributed by atoms with van der Waals surface area (Å²) in [5, 5.41) is 7.07. The molecule has 0 bridgehead atoms. The molecule has 3 heterocycles. The van der Waals surface area contributed by atoms with E-state index in [4.69, 9.17) is 9.72 Å². The van der Waals surface area contributed by atoms with Crippen LogP contribution in [0.4, 0.5) is 23.0 Å². The van der Waals surface area contributed by atoms with Crippen LogP contribution in [0.1, 0.15) is 25.7 Å². The van der Waals surface area contributed by atoms with Crippen molar-refractivity contribution < 1.29 is 13.2 Å². The van der Waals surface area contributed by atoms with Gasteiger partial charge in [-0.05, 0) is 37.1 Å². The lowest BCUT2D eigenvalue weighted by Gasteiger charge is -2.32. The number of ether oxygens (including phenoxy) is 1. The molecule has 0 amide bonds. The molecule has 5 rings (SSSR count). The molecule has 36 heavy (non-hydrogen) atoms. The minimum Gasteiger partial charge on any atom is -0.378 e. The number of anilines is 4. The van der Waals surface area contributed by atoms with Crippen LogP contribution in [0.5, 0.6) is 0 Å². The van der Waals surface area contributed by atoms with Gasteiger partial charge < -0.3 is 25.3 Å². The van der Waals surface area contributed by atoms with Gasteiger partial charge in [-0.15, -0.1) is 0 Å². The lowest BCUT2D eigenvalue weighted by atomic mass is 9.91. The first-order chi connectivity index (χ1) is 17.6. The normalized spacial score (nSPS) is 20.5. The topological polar surface area (TPSA) is 153 Å². The largest absolute Gasteiger partial charge is 0.378 e. The third kappa shape index (κ3) is 5.75. The number of hydrogen-bond donors (Lipinski definition) is 6. The van der Waals surface area contributed by atoms with Crippen molar-refractivity contribution in [2.75, 3.05) is 41.8 Å². The number of benzene rings is 1. The molecule has 1 saturated carbocycles. The Hall–Kier alpha value is -3.26. The Bertz CT molecular complexity index is 1320. The lowest BCUT2D eigenvalue weighted by molar-refractivity contribution is 0.122. The number of hydrogen-bond acceptors (Lipinski definition) is 10. The van der Waals surface area contributed by atoms with Crippen LogP contribution in [-0.2, 0) is 15.6 Å². The molecule has 2 atom stereocenters. The molecule has 0 radical (unpaired) electrons. The average Bonchev–Trinajstić information content (AvgIpc) is 2.89. The van der Waals surface area contributed by atoms with E-state index in [0.29, 0.717) is 35.8 Å². The van der Waals surface area contributed by atoms with Gasteiger partial charge in [0.05, 0.1) is 25.1 Å². The minimum atomic E-state index is -2.74. The van der Waals surface area contributed by atoms with E-state index < -0.39 is 10.9 Å². The SMILES string of the molecule is O=c1[nH]cnc2cc(N[C@H]3CCCC[C@H]3NN[SH](=O)=O)nc(Nc3ccc(N4CCOCC4)cc3)c12. The van der Waals surface area contributed by atoms with Gasteiger partial charge >= 0.3 is 0 Å². The zero-order chi connectivity index (χ0) is 24.9. The van der Waals surface area contributed by atoms with Crippen LogP contribution in [0, 0.1) is 0 Å². The minimum absolute atomic E-state index is 0.0474. The number of aromatic nitrogens is 3. The predicted molar refractivity (Wildman–Crippen MR) is 139 cm³/mol. The molecule has 13 heteroatoms. The number of nitrogens with zero attached hydrogens (tertiary/aromatic N) is 3. The number of fused-ring (bicyclic) bond motifs is 1. The number of hydrazine groups is 1. The Balaban J connectivity index is 1.40. The molecule has 3 aromatic rings. The van der Waals surface area contributed by atoms with E-state index in [-0.39, 0.29) is 17.6 Å². The number of pyridine rings is 1. The Morgan fingerprint density at radius 3 is 2.56 bits per heavy atom. The highest BCUT2D eigenvalue weighted by molar-refractivity contribution is 7.70. The summed E-state index contributed by atoms with van der Waals surface area (Å²) in [4.78, 5) is 28.9. The Kier molecular flexibility index (Phi) is 7.60. The van der Waals surface area contributed by atoms with Crippen LogP contribution in [0.2, 0.25) is 0 Å². The maximum Gasteiger partial charge on any atom is 0.262 e. The van der Waals surface area contributed by atoms with E-state index >= 15 is 0 Å². The second-order valence-electron chi connectivity index (χ2n) is 8.91. The summed E-state index contributed by atoms with van der Waals surface area (Å²) >= 11 is 0. The van der Waals surface area contributed by atoms with Crippen molar-refractivity contribution in [3.05, 3.63) is 47.0 Å². The molecule has 1 aliphatic heterocycles. The van der Waals surface area contributed by atoms with Crippen LogP contribution in [-0.4, -0.2) is 61.8 Å². The van der Waals surface area contributed by atoms with E-state index in [1.807, 2.05) is 24.3 Å². The highest BCUT2D eigenvalue weighted by Crippen LogP contribution is 2.28. The van der Waals surface area contributed by atoms with Gasteiger partial charge in [0, 0.05) is 42.6 Å². The average molecular weight is 515 g/mol. The molecule has 5 N–H and O–H groups in total. The molecular formula is C23H30N8O4S. The monoisotopic (exact) mass is 514 g/mol. The van der Waals surface area contributed by atoms with Crippen LogP contribution < -0.4 is 31.3 Å². The van der Waals surface area contributed by atoms with Crippen LogP contribution in [0.3, 0.4) is 0 Å². The molecule has 192 valence electrons. The molecule has 2 aromatic heterocycles. The van der Waals surface area contributed by atoms with Crippen molar-refractivity contribution in [2.45, 2.75) is 37.8 Å².